The number of hydrogen-bond donors (Lipinski definition) is 2. The molecule has 29 heavy (non-hydrogen) atoms. The van der Waals surface area contributed by atoms with Crippen LogP contribution in [0.2, 0.25) is 0 Å². The summed E-state index contributed by atoms with van der Waals surface area (Å²) in [5.74, 6) is 0.0614. The summed E-state index contributed by atoms with van der Waals surface area (Å²) < 4.78 is 0. The van der Waals surface area contributed by atoms with E-state index in [1.54, 1.807) is 23.7 Å². The zero-order chi connectivity index (χ0) is 20.9. The number of pyridine rings is 1. The van der Waals surface area contributed by atoms with Gasteiger partial charge in [0.25, 0.3) is 0 Å². The van der Waals surface area contributed by atoms with Crippen molar-refractivity contribution in [3.05, 3.63) is 34.9 Å². The Morgan fingerprint density at radius 2 is 1.93 bits per heavy atom. The number of carbonyl (C=O) groups excluding carboxylic acids is 1. The maximum atomic E-state index is 12.0. The van der Waals surface area contributed by atoms with Gasteiger partial charge >= 0.3 is 0 Å². The zero-order valence-electron chi connectivity index (χ0n) is 17.6. The molecule has 160 valence electrons. The van der Waals surface area contributed by atoms with Crippen LogP contribution >= 0.6 is 11.3 Å². The number of amides is 1. The summed E-state index contributed by atoms with van der Waals surface area (Å²) >= 11 is 1.65. The second-order valence-corrected chi connectivity index (χ2v) is 8.17. The molecule has 1 atom stereocenters. The Bertz CT molecular complexity index is 702. The lowest BCUT2D eigenvalue weighted by atomic mass is 10.2. The van der Waals surface area contributed by atoms with Crippen molar-refractivity contribution in [1.29, 1.82) is 0 Å². The van der Waals surface area contributed by atoms with Gasteiger partial charge in [0.15, 0.2) is 0 Å². The third-order valence-electron chi connectivity index (χ3n) is 4.73. The predicted octanol–water partition coefficient (Wildman–Crippen LogP) is 3.86. The van der Waals surface area contributed by atoms with Gasteiger partial charge in [-0.15, -0.1) is 11.3 Å². The van der Waals surface area contributed by atoms with Crippen molar-refractivity contribution in [3.8, 4) is 11.3 Å². The molecule has 0 aliphatic rings. The van der Waals surface area contributed by atoms with E-state index in [0.717, 1.165) is 55.0 Å². The zero-order valence-corrected chi connectivity index (χ0v) is 18.5. The number of rotatable bonds is 14. The molecule has 0 saturated carbocycles. The van der Waals surface area contributed by atoms with Gasteiger partial charge < -0.3 is 10.4 Å². The van der Waals surface area contributed by atoms with Gasteiger partial charge in [-0.1, -0.05) is 13.8 Å². The van der Waals surface area contributed by atoms with Crippen molar-refractivity contribution in [2.45, 2.75) is 65.0 Å². The molecule has 2 N–H and O–H groups in total. The average molecular weight is 419 g/mol. The lowest BCUT2D eigenvalue weighted by Gasteiger charge is -2.27. The number of hydrogen-bond acceptors (Lipinski definition) is 6. The van der Waals surface area contributed by atoms with Crippen LogP contribution in [-0.2, 0) is 11.2 Å². The van der Waals surface area contributed by atoms with Crippen LogP contribution in [0.3, 0.4) is 0 Å². The molecule has 0 aliphatic carbocycles. The minimum atomic E-state index is -0.442. The second kappa shape index (κ2) is 13.4. The van der Waals surface area contributed by atoms with Crippen molar-refractivity contribution in [3.63, 3.8) is 0 Å². The van der Waals surface area contributed by atoms with Crippen LogP contribution in [0, 0.1) is 0 Å². The molecule has 1 amide bonds. The van der Waals surface area contributed by atoms with Crippen molar-refractivity contribution >= 4 is 17.2 Å². The number of aliphatic hydroxyl groups excluding tert-OH is 1. The molecule has 2 heterocycles. The molecule has 0 radical (unpaired) electrons. The SMILES string of the molecule is CCCN(CCC)C(O)CCCC(=O)NCCCc1nc(-c2ccncc2)cs1. The van der Waals surface area contributed by atoms with E-state index in [4.69, 9.17) is 0 Å². The second-order valence-electron chi connectivity index (χ2n) is 7.22. The molecule has 2 rings (SSSR count). The summed E-state index contributed by atoms with van der Waals surface area (Å²) in [5.41, 5.74) is 2.06. The van der Waals surface area contributed by atoms with E-state index in [0.29, 0.717) is 25.8 Å². The fourth-order valence-electron chi connectivity index (χ4n) is 3.25. The van der Waals surface area contributed by atoms with Gasteiger partial charge in [-0.2, -0.15) is 0 Å². The molecule has 0 fully saturated rings. The third kappa shape index (κ3) is 8.60. The highest BCUT2D eigenvalue weighted by Gasteiger charge is 2.14. The van der Waals surface area contributed by atoms with Crippen molar-refractivity contribution in [2.24, 2.45) is 0 Å². The smallest absolute Gasteiger partial charge is 0.219 e. The number of nitrogens with one attached hydrogen (secondary N) is 1. The standard InChI is InChI=1S/C22H34N4O2S/c1-3-15-26(16-4-2)22(28)9-5-7-20(27)24-12-6-8-21-25-19(17-29-21)18-10-13-23-14-11-18/h10-11,13-14,17,22,28H,3-9,12,15-16H2,1-2H3,(H,24,27). The number of thiazole rings is 1. The molecule has 0 bridgehead atoms. The van der Waals surface area contributed by atoms with Crippen LogP contribution in [0.5, 0.6) is 0 Å². The van der Waals surface area contributed by atoms with E-state index in [2.05, 4.69) is 39.4 Å². The molecule has 0 aliphatic heterocycles. The quantitative estimate of drug-likeness (QED) is 0.360. The molecule has 7 heteroatoms. The highest BCUT2D eigenvalue weighted by Crippen LogP contribution is 2.21. The normalized spacial score (nSPS) is 12.3. The first kappa shape index (κ1) is 23.4. The molecule has 1 unspecified atom stereocenters. The molecule has 6 nitrogen and oxygen atoms in total. The van der Waals surface area contributed by atoms with Crippen LogP contribution in [0.4, 0.5) is 0 Å². The van der Waals surface area contributed by atoms with Crippen LogP contribution in [0.15, 0.2) is 29.9 Å². The molecular weight excluding hydrogens is 384 g/mol. The summed E-state index contributed by atoms with van der Waals surface area (Å²) in [5, 5.41) is 16.4. The van der Waals surface area contributed by atoms with Gasteiger partial charge in [0.2, 0.25) is 5.91 Å². The maximum Gasteiger partial charge on any atom is 0.219 e. The van der Waals surface area contributed by atoms with E-state index in [1.165, 1.54) is 0 Å². The van der Waals surface area contributed by atoms with E-state index in [9.17, 15) is 9.90 Å². The van der Waals surface area contributed by atoms with Crippen molar-refractivity contribution < 1.29 is 9.90 Å². The van der Waals surface area contributed by atoms with Crippen LogP contribution in [0.1, 0.15) is 57.4 Å². The monoisotopic (exact) mass is 418 g/mol. The Balaban J connectivity index is 1.60. The average Bonchev–Trinajstić information content (AvgIpc) is 3.20. The Hall–Kier alpha value is -1.83. The Labute approximate surface area is 178 Å². The Kier molecular flexibility index (Phi) is 10.8. The Morgan fingerprint density at radius 1 is 1.21 bits per heavy atom. The minimum absolute atomic E-state index is 0.0614. The molecular formula is C22H34N4O2S. The predicted molar refractivity (Wildman–Crippen MR) is 119 cm³/mol. The van der Waals surface area contributed by atoms with Crippen LogP contribution < -0.4 is 5.32 Å². The van der Waals surface area contributed by atoms with E-state index < -0.39 is 6.23 Å². The van der Waals surface area contributed by atoms with Gasteiger partial charge in [-0.05, 0) is 44.2 Å². The van der Waals surface area contributed by atoms with E-state index in [1.807, 2.05) is 12.1 Å². The summed E-state index contributed by atoms with van der Waals surface area (Å²) in [4.78, 5) is 22.8. The number of nitrogens with zero attached hydrogens (tertiary/aromatic N) is 3. The fourth-order valence-corrected chi connectivity index (χ4v) is 4.10. The number of aryl methyl sites for hydroxylation is 1. The summed E-state index contributed by atoms with van der Waals surface area (Å²) in [6.45, 7) is 6.70. The summed E-state index contributed by atoms with van der Waals surface area (Å²) in [7, 11) is 0. The lowest BCUT2D eigenvalue weighted by Crippen LogP contribution is -2.36. The number of aromatic nitrogens is 2. The molecule has 0 spiro atoms. The molecule has 2 aromatic rings. The molecule has 0 saturated heterocycles. The first-order chi connectivity index (χ1) is 14.1. The van der Waals surface area contributed by atoms with Gasteiger partial charge in [0.05, 0.1) is 10.7 Å². The highest BCUT2D eigenvalue weighted by molar-refractivity contribution is 7.09. The van der Waals surface area contributed by atoms with Crippen LogP contribution in [0.25, 0.3) is 11.3 Å². The summed E-state index contributed by atoms with van der Waals surface area (Å²) in [6, 6.07) is 3.92. The number of carbonyl (C=O) groups is 1. The van der Waals surface area contributed by atoms with Gasteiger partial charge in [-0.3, -0.25) is 14.7 Å². The Morgan fingerprint density at radius 3 is 2.62 bits per heavy atom. The van der Waals surface area contributed by atoms with Crippen LogP contribution in [-0.4, -0.2) is 51.7 Å². The van der Waals surface area contributed by atoms with E-state index in [-0.39, 0.29) is 5.91 Å². The van der Waals surface area contributed by atoms with Crippen molar-refractivity contribution in [1.82, 2.24) is 20.2 Å². The number of aliphatic hydroxyl groups is 1. The van der Waals surface area contributed by atoms with Gasteiger partial charge in [0.1, 0.15) is 6.23 Å². The van der Waals surface area contributed by atoms with Gasteiger partial charge in [0, 0.05) is 55.8 Å². The first-order valence-corrected chi connectivity index (χ1v) is 11.6. The van der Waals surface area contributed by atoms with Gasteiger partial charge in [-0.25, -0.2) is 4.98 Å². The van der Waals surface area contributed by atoms with Crippen molar-refractivity contribution in [2.75, 3.05) is 19.6 Å². The molecule has 2 aromatic heterocycles. The lowest BCUT2D eigenvalue weighted by molar-refractivity contribution is -0.121. The first-order valence-electron chi connectivity index (χ1n) is 10.7. The highest BCUT2D eigenvalue weighted by atomic mass is 32.1. The largest absolute Gasteiger partial charge is 0.378 e. The fraction of sp³-hybridized carbons (Fsp3) is 0.591. The van der Waals surface area contributed by atoms with E-state index >= 15 is 0 Å². The maximum absolute atomic E-state index is 12.0. The molecule has 0 aromatic carbocycles. The summed E-state index contributed by atoms with van der Waals surface area (Å²) in [6.07, 6.45) is 8.71. The third-order valence-corrected chi connectivity index (χ3v) is 5.64. The minimum Gasteiger partial charge on any atom is -0.378 e. The topological polar surface area (TPSA) is 78.4 Å².